The van der Waals surface area contributed by atoms with Gasteiger partial charge in [-0.05, 0) is 99.5 Å². The molecule has 2 aliphatic rings. The Morgan fingerprint density at radius 3 is 1.70 bits per heavy atom. The van der Waals surface area contributed by atoms with Gasteiger partial charge in [0.2, 0.25) is 0 Å². The van der Waals surface area contributed by atoms with E-state index in [0.717, 1.165) is 39.2 Å². The molecule has 2 aromatic heterocycles. The first-order chi connectivity index (χ1) is 34.6. The molecule has 0 bridgehead atoms. The highest BCUT2D eigenvalue weighted by molar-refractivity contribution is 6.24. The fourth-order valence-corrected chi connectivity index (χ4v) is 9.73. The molecule has 0 amide bonds. The molecule has 344 valence electrons. The molecule has 1 aliphatic carbocycles. The van der Waals surface area contributed by atoms with Gasteiger partial charge in [-0.15, -0.1) is 0 Å². The van der Waals surface area contributed by atoms with Crippen molar-refractivity contribution in [2.24, 2.45) is 0 Å². The topological polar surface area (TPSA) is 26.0 Å². The van der Waals surface area contributed by atoms with Crippen molar-refractivity contribution in [1.82, 2.24) is 14.1 Å². The number of para-hydroxylation sites is 2. The smallest absolute Gasteiger partial charge is 0.145 e. The summed E-state index contributed by atoms with van der Waals surface area (Å²) in [7, 11) is 0. The highest BCUT2D eigenvalue weighted by atomic mass is 15.2. The van der Waals surface area contributed by atoms with E-state index in [1.807, 2.05) is 83.2 Å². The molecule has 3 heterocycles. The van der Waals surface area contributed by atoms with Crippen molar-refractivity contribution in [2.75, 3.05) is 4.90 Å². The van der Waals surface area contributed by atoms with Crippen LogP contribution in [-0.2, 0) is 0 Å². The number of imidazole rings is 1. The lowest BCUT2D eigenvalue weighted by Crippen LogP contribution is -2.28. The lowest BCUT2D eigenvalue weighted by Gasteiger charge is -2.28. The number of allylic oxidation sites excluding steroid dienone is 11. The molecule has 70 heavy (non-hydrogen) atoms. The molecule has 0 radical (unpaired) electrons. The highest BCUT2D eigenvalue weighted by Gasteiger charge is 2.38. The van der Waals surface area contributed by atoms with Crippen LogP contribution in [0.5, 0.6) is 0 Å². The van der Waals surface area contributed by atoms with Crippen LogP contribution in [0, 0.1) is 0 Å². The molecule has 12 rings (SSSR count). The van der Waals surface area contributed by atoms with Crippen molar-refractivity contribution < 1.29 is 0 Å². The van der Waals surface area contributed by atoms with Crippen LogP contribution in [0.15, 0.2) is 255 Å². The van der Waals surface area contributed by atoms with Crippen LogP contribution in [0.1, 0.15) is 46.1 Å². The van der Waals surface area contributed by atoms with Gasteiger partial charge in [0.05, 0.1) is 28.1 Å². The van der Waals surface area contributed by atoms with Crippen molar-refractivity contribution in [1.29, 1.82) is 0 Å². The minimum absolute atomic E-state index is 0.230. The molecule has 0 fully saturated rings. The molecule has 10 aromatic rings. The zero-order chi connectivity index (χ0) is 48.4. The molecule has 0 spiro atoms. The molecule has 2 atom stereocenters. The Morgan fingerprint density at radius 2 is 1.03 bits per heavy atom. The predicted molar refractivity (Wildman–Crippen MR) is 304 cm³/mol. The van der Waals surface area contributed by atoms with Gasteiger partial charge in [0.1, 0.15) is 5.82 Å². The molecule has 4 nitrogen and oxygen atoms in total. The Labute approximate surface area is 413 Å². The second-order valence-electron chi connectivity index (χ2n) is 17.2. The molecule has 2 unspecified atom stereocenters. The standard InChI is InChI=1S/C51H34N4.C7H10.2C4H8/c1-3-16-33(17-4-1)51-52-49-41-26-9-7-22-37(41)38-23-8-10-27-42(38)50(49)55(51)36-21-15-20-35(30-36)54-46-29-14-12-25-40(46)44-31-47-43(32-48(44)54)39-24-11-13-28-45(39)53(47)34-18-5-2-6-19-34;1-3-5-7-6-4-2;2*1-3-4-2/h1-32,39,45H;3-7H,1H2,2H3;2*3-4H,1-2H3/b;6-4-,7-5-;2*4-3-. The summed E-state index contributed by atoms with van der Waals surface area (Å²) in [4.78, 5) is 8.00. The summed E-state index contributed by atoms with van der Waals surface area (Å²) in [5.41, 5.74) is 11.6. The van der Waals surface area contributed by atoms with Crippen LogP contribution in [0.3, 0.4) is 0 Å². The average molecular weight is 909 g/mol. The quantitative estimate of drug-likeness (QED) is 0.0944. The Morgan fingerprint density at radius 1 is 0.457 bits per heavy atom. The molecule has 0 saturated heterocycles. The largest absolute Gasteiger partial charge is 0.333 e. The second kappa shape index (κ2) is 21.7. The molecule has 0 saturated carbocycles. The number of nitrogens with zero attached hydrogens (tertiary/aromatic N) is 4. The van der Waals surface area contributed by atoms with Crippen molar-refractivity contribution in [3.05, 3.63) is 261 Å². The van der Waals surface area contributed by atoms with E-state index < -0.39 is 0 Å². The van der Waals surface area contributed by atoms with E-state index in [4.69, 9.17) is 4.98 Å². The Kier molecular flexibility index (Phi) is 14.4. The number of hydrogen-bond donors (Lipinski definition) is 0. The Bertz CT molecular complexity index is 3610. The van der Waals surface area contributed by atoms with Crippen LogP contribution in [0.4, 0.5) is 11.4 Å². The van der Waals surface area contributed by atoms with Gasteiger partial charge in [-0.1, -0.05) is 207 Å². The molecular weight excluding hydrogens is 849 g/mol. The first-order valence-corrected chi connectivity index (χ1v) is 24.4. The van der Waals surface area contributed by atoms with E-state index in [-0.39, 0.29) is 12.0 Å². The van der Waals surface area contributed by atoms with Crippen LogP contribution in [-0.4, -0.2) is 20.2 Å². The number of anilines is 2. The zero-order valence-electron chi connectivity index (χ0n) is 40.8. The lowest BCUT2D eigenvalue weighted by atomic mass is 9.91. The monoisotopic (exact) mass is 908 g/mol. The number of rotatable bonds is 6. The van der Waals surface area contributed by atoms with E-state index in [0.29, 0.717) is 0 Å². The van der Waals surface area contributed by atoms with Crippen LogP contribution < -0.4 is 4.90 Å². The molecule has 8 aromatic carbocycles. The van der Waals surface area contributed by atoms with Gasteiger partial charge in [0.15, 0.2) is 0 Å². The van der Waals surface area contributed by atoms with Gasteiger partial charge in [0.25, 0.3) is 0 Å². The van der Waals surface area contributed by atoms with Crippen LogP contribution in [0.2, 0.25) is 0 Å². The summed E-state index contributed by atoms with van der Waals surface area (Å²) in [6.45, 7) is 13.5. The molecule has 0 N–H and O–H groups in total. The SMILES string of the molecule is C/C=C\C.C/C=C\C.C1=CC2c3cc4c(cc3N(c3ccccc3)C2C=C1)c1ccccc1n4-c1cccc(-n2c(-c3ccccc3)nc3c4ccccc4c4ccccc4c32)c1.C=C/C=C\C=C/C. The summed E-state index contributed by atoms with van der Waals surface area (Å²) in [5, 5.41) is 7.30. The van der Waals surface area contributed by atoms with E-state index in [1.54, 1.807) is 6.08 Å². The minimum atomic E-state index is 0.230. The summed E-state index contributed by atoms with van der Waals surface area (Å²) >= 11 is 0. The Balaban J connectivity index is 0.000000358. The normalized spacial score (nSPS) is 14.9. The van der Waals surface area contributed by atoms with Gasteiger partial charge >= 0.3 is 0 Å². The number of benzene rings is 8. The number of hydrogen-bond acceptors (Lipinski definition) is 2. The number of aromatic nitrogens is 3. The fraction of sp³-hybridized carbons (Fsp3) is 0.106. The van der Waals surface area contributed by atoms with Gasteiger partial charge in [-0.2, -0.15) is 0 Å². The van der Waals surface area contributed by atoms with E-state index in [2.05, 4.69) is 215 Å². The van der Waals surface area contributed by atoms with E-state index in [9.17, 15) is 0 Å². The third kappa shape index (κ3) is 8.88. The van der Waals surface area contributed by atoms with Crippen molar-refractivity contribution in [3.8, 4) is 22.8 Å². The summed E-state index contributed by atoms with van der Waals surface area (Å²) < 4.78 is 4.85. The zero-order valence-corrected chi connectivity index (χ0v) is 40.8. The lowest BCUT2D eigenvalue weighted by molar-refractivity contribution is 0.745. The second-order valence-corrected chi connectivity index (χ2v) is 17.2. The first-order valence-electron chi connectivity index (χ1n) is 24.4. The maximum absolute atomic E-state index is 5.48. The molecular formula is C66H60N4. The third-order valence-electron chi connectivity index (χ3n) is 13.0. The summed E-state index contributed by atoms with van der Waals surface area (Å²) in [6, 6.07) is 61.9. The van der Waals surface area contributed by atoms with E-state index >= 15 is 0 Å². The predicted octanol–water partition coefficient (Wildman–Crippen LogP) is 18.3. The fourth-order valence-electron chi connectivity index (χ4n) is 9.73. The number of fused-ring (bicyclic) bond motifs is 12. The Hall–Kier alpha value is -8.47. The van der Waals surface area contributed by atoms with Gasteiger partial charge in [-0.3, -0.25) is 4.57 Å². The highest BCUT2D eigenvalue weighted by Crippen LogP contribution is 2.50. The summed E-state index contributed by atoms with van der Waals surface area (Å²) in [5.74, 6) is 1.19. The van der Waals surface area contributed by atoms with Crippen molar-refractivity contribution in [2.45, 2.75) is 46.6 Å². The van der Waals surface area contributed by atoms with Gasteiger partial charge < -0.3 is 9.47 Å². The average Bonchev–Trinajstić information content (AvgIpc) is 4.10. The van der Waals surface area contributed by atoms with Crippen LogP contribution >= 0.6 is 0 Å². The minimum Gasteiger partial charge on any atom is -0.333 e. The van der Waals surface area contributed by atoms with Crippen molar-refractivity contribution >= 4 is 65.8 Å². The van der Waals surface area contributed by atoms with Gasteiger partial charge in [0, 0.05) is 55.8 Å². The maximum atomic E-state index is 5.48. The van der Waals surface area contributed by atoms with E-state index in [1.165, 1.54) is 54.9 Å². The summed E-state index contributed by atoms with van der Waals surface area (Å²) in [6.07, 6.45) is 26.6. The first kappa shape index (κ1) is 46.6. The molecule has 1 aliphatic heterocycles. The molecule has 4 heteroatoms. The van der Waals surface area contributed by atoms with Crippen molar-refractivity contribution in [3.63, 3.8) is 0 Å². The maximum Gasteiger partial charge on any atom is 0.145 e. The van der Waals surface area contributed by atoms with Gasteiger partial charge in [-0.25, -0.2) is 4.98 Å². The third-order valence-corrected chi connectivity index (χ3v) is 13.0. The van der Waals surface area contributed by atoms with Crippen LogP contribution in [0.25, 0.3) is 77.1 Å².